The number of anilines is 1. The zero-order chi connectivity index (χ0) is 14.8. The summed E-state index contributed by atoms with van der Waals surface area (Å²) in [6, 6.07) is 0. The van der Waals surface area contributed by atoms with Crippen LogP contribution in [-0.4, -0.2) is 32.9 Å². The predicted octanol–water partition coefficient (Wildman–Crippen LogP) is 1.16. The summed E-state index contributed by atoms with van der Waals surface area (Å²) in [4.78, 5) is 12.5. The summed E-state index contributed by atoms with van der Waals surface area (Å²) >= 11 is 0. The molecule has 20 heavy (non-hydrogen) atoms. The summed E-state index contributed by atoms with van der Waals surface area (Å²) in [6.07, 6.45) is 5.26. The molecule has 1 saturated carbocycles. The Hall–Kier alpha value is -1.56. The summed E-state index contributed by atoms with van der Waals surface area (Å²) in [5.41, 5.74) is 6.07. The molecule has 1 fully saturated rings. The van der Waals surface area contributed by atoms with Crippen molar-refractivity contribution in [3.05, 3.63) is 11.9 Å². The minimum Gasteiger partial charge on any atom is -0.396 e. The normalized spacial score (nSPS) is 26.4. The van der Waals surface area contributed by atoms with Crippen molar-refractivity contribution in [3.63, 3.8) is 0 Å². The van der Waals surface area contributed by atoms with Gasteiger partial charge in [0.15, 0.2) is 0 Å². The molecule has 0 aromatic carbocycles. The number of nitrogens with two attached hydrogens (primary N) is 1. The molecule has 1 aromatic heterocycles. The van der Waals surface area contributed by atoms with Gasteiger partial charge in [-0.15, -0.1) is 0 Å². The standard InChI is InChI=1S/C14H24N4O2/c1-3-18-12(11(15)8-16-18)13(20)17-14(9-19)6-4-5-10(2)7-14/h8,10,19H,3-7,9,15H2,1-2H3,(H,17,20). The van der Waals surface area contributed by atoms with Gasteiger partial charge in [0.05, 0.1) is 24.0 Å². The number of amides is 1. The molecule has 112 valence electrons. The quantitative estimate of drug-likeness (QED) is 0.771. The molecule has 1 aliphatic rings. The highest BCUT2D eigenvalue weighted by molar-refractivity contribution is 5.97. The Labute approximate surface area is 119 Å². The number of aliphatic hydroxyl groups is 1. The number of hydrogen-bond acceptors (Lipinski definition) is 4. The molecule has 1 aliphatic carbocycles. The third-order valence-corrected chi connectivity index (χ3v) is 4.16. The third kappa shape index (κ3) is 2.80. The van der Waals surface area contributed by atoms with Gasteiger partial charge in [-0.2, -0.15) is 5.10 Å². The van der Waals surface area contributed by atoms with Crippen molar-refractivity contribution in [2.45, 2.75) is 51.6 Å². The molecule has 0 saturated heterocycles. The highest BCUT2D eigenvalue weighted by atomic mass is 16.3. The molecule has 6 nitrogen and oxygen atoms in total. The third-order valence-electron chi connectivity index (χ3n) is 4.16. The second-order valence-corrected chi connectivity index (χ2v) is 5.86. The van der Waals surface area contributed by atoms with Crippen molar-refractivity contribution in [3.8, 4) is 0 Å². The van der Waals surface area contributed by atoms with Crippen molar-refractivity contribution >= 4 is 11.6 Å². The second kappa shape index (κ2) is 5.83. The smallest absolute Gasteiger partial charge is 0.272 e. The van der Waals surface area contributed by atoms with Crippen LogP contribution >= 0.6 is 0 Å². The number of hydrogen-bond donors (Lipinski definition) is 3. The van der Waals surface area contributed by atoms with E-state index in [2.05, 4.69) is 17.3 Å². The maximum atomic E-state index is 12.5. The van der Waals surface area contributed by atoms with E-state index >= 15 is 0 Å². The van der Waals surface area contributed by atoms with E-state index in [9.17, 15) is 9.90 Å². The predicted molar refractivity (Wildman–Crippen MR) is 77.2 cm³/mol. The van der Waals surface area contributed by atoms with Crippen LogP contribution in [-0.2, 0) is 6.54 Å². The van der Waals surface area contributed by atoms with Gasteiger partial charge in [-0.1, -0.05) is 19.8 Å². The summed E-state index contributed by atoms with van der Waals surface area (Å²) in [6.45, 7) is 4.61. The largest absolute Gasteiger partial charge is 0.396 e. The van der Waals surface area contributed by atoms with Crippen molar-refractivity contribution in [2.24, 2.45) is 5.92 Å². The number of aromatic nitrogens is 2. The molecule has 0 radical (unpaired) electrons. The molecule has 1 amide bonds. The minimum atomic E-state index is -0.524. The highest BCUT2D eigenvalue weighted by Crippen LogP contribution is 2.32. The molecule has 2 unspecified atom stereocenters. The van der Waals surface area contributed by atoms with Gasteiger partial charge >= 0.3 is 0 Å². The van der Waals surface area contributed by atoms with Gasteiger partial charge in [-0.05, 0) is 25.7 Å². The first-order valence-corrected chi connectivity index (χ1v) is 7.26. The summed E-state index contributed by atoms with van der Waals surface area (Å²) in [5.74, 6) is 0.259. The maximum absolute atomic E-state index is 12.5. The van der Waals surface area contributed by atoms with Crippen molar-refractivity contribution < 1.29 is 9.90 Å². The Morgan fingerprint density at radius 3 is 3.05 bits per heavy atom. The van der Waals surface area contributed by atoms with Crippen LogP contribution in [0, 0.1) is 5.92 Å². The van der Waals surface area contributed by atoms with E-state index in [1.54, 1.807) is 4.68 Å². The zero-order valence-electron chi connectivity index (χ0n) is 12.2. The fourth-order valence-corrected chi connectivity index (χ4v) is 3.14. The molecule has 1 aromatic rings. The van der Waals surface area contributed by atoms with Crippen molar-refractivity contribution in [1.82, 2.24) is 15.1 Å². The van der Waals surface area contributed by atoms with Gasteiger partial charge in [-0.25, -0.2) is 0 Å². The summed E-state index contributed by atoms with van der Waals surface area (Å²) in [5, 5.41) is 16.8. The molecular formula is C14H24N4O2. The molecule has 2 atom stereocenters. The van der Waals surface area contributed by atoms with Crippen molar-refractivity contribution in [2.75, 3.05) is 12.3 Å². The first-order chi connectivity index (χ1) is 9.51. The summed E-state index contributed by atoms with van der Waals surface area (Å²) < 4.78 is 1.59. The van der Waals surface area contributed by atoms with E-state index in [1.165, 1.54) is 6.20 Å². The van der Waals surface area contributed by atoms with E-state index in [4.69, 9.17) is 5.73 Å². The number of nitrogen functional groups attached to an aromatic ring is 1. The van der Waals surface area contributed by atoms with E-state index in [0.29, 0.717) is 23.8 Å². The first-order valence-electron chi connectivity index (χ1n) is 7.26. The van der Waals surface area contributed by atoms with Crippen LogP contribution < -0.4 is 11.1 Å². The SMILES string of the molecule is CCn1ncc(N)c1C(=O)NC1(CO)CCCC(C)C1. The van der Waals surface area contributed by atoms with Gasteiger partial charge in [0.2, 0.25) is 0 Å². The zero-order valence-corrected chi connectivity index (χ0v) is 12.2. The molecule has 0 spiro atoms. The Balaban J connectivity index is 2.19. The lowest BCUT2D eigenvalue weighted by Gasteiger charge is -2.39. The molecule has 6 heteroatoms. The fourth-order valence-electron chi connectivity index (χ4n) is 3.14. The van der Waals surface area contributed by atoms with Gasteiger partial charge in [0.1, 0.15) is 5.69 Å². The molecule has 1 heterocycles. The minimum absolute atomic E-state index is 0.0384. The number of aryl methyl sites for hydroxylation is 1. The van der Waals surface area contributed by atoms with Crippen LogP contribution in [0.2, 0.25) is 0 Å². The first kappa shape index (κ1) is 14.8. The van der Waals surface area contributed by atoms with Crippen LogP contribution in [0.4, 0.5) is 5.69 Å². The Morgan fingerprint density at radius 2 is 2.45 bits per heavy atom. The molecule has 4 N–H and O–H groups in total. The van der Waals surface area contributed by atoms with Crippen LogP contribution in [0.3, 0.4) is 0 Å². The van der Waals surface area contributed by atoms with Crippen LogP contribution in [0.5, 0.6) is 0 Å². The number of carbonyl (C=O) groups excluding carboxylic acids is 1. The number of rotatable bonds is 4. The fraction of sp³-hybridized carbons (Fsp3) is 0.714. The monoisotopic (exact) mass is 280 g/mol. The molecule has 2 rings (SSSR count). The average molecular weight is 280 g/mol. The topological polar surface area (TPSA) is 93.2 Å². The van der Waals surface area contributed by atoms with Gasteiger partial charge in [-0.3, -0.25) is 9.48 Å². The van der Waals surface area contributed by atoms with Crippen LogP contribution in [0.1, 0.15) is 50.0 Å². The Bertz CT molecular complexity index is 486. The number of nitrogens with one attached hydrogen (secondary N) is 1. The number of carbonyl (C=O) groups is 1. The lowest BCUT2D eigenvalue weighted by Crippen LogP contribution is -2.54. The van der Waals surface area contributed by atoms with Gasteiger partial charge in [0.25, 0.3) is 5.91 Å². The molecule has 0 bridgehead atoms. The maximum Gasteiger partial charge on any atom is 0.272 e. The number of nitrogens with zero attached hydrogens (tertiary/aromatic N) is 2. The van der Waals surface area contributed by atoms with Gasteiger partial charge in [0, 0.05) is 6.54 Å². The number of aliphatic hydroxyl groups excluding tert-OH is 1. The van der Waals surface area contributed by atoms with Crippen LogP contribution in [0.25, 0.3) is 0 Å². The Kier molecular flexibility index (Phi) is 4.32. The van der Waals surface area contributed by atoms with E-state index in [-0.39, 0.29) is 12.5 Å². The van der Waals surface area contributed by atoms with Crippen LogP contribution in [0.15, 0.2) is 6.20 Å². The van der Waals surface area contributed by atoms with Gasteiger partial charge < -0.3 is 16.2 Å². The van der Waals surface area contributed by atoms with E-state index in [1.807, 2.05) is 6.92 Å². The molecular weight excluding hydrogens is 256 g/mol. The lowest BCUT2D eigenvalue weighted by molar-refractivity contribution is 0.0689. The second-order valence-electron chi connectivity index (χ2n) is 5.86. The van der Waals surface area contributed by atoms with Crippen molar-refractivity contribution in [1.29, 1.82) is 0 Å². The van der Waals surface area contributed by atoms with E-state index in [0.717, 1.165) is 25.7 Å². The average Bonchev–Trinajstić information content (AvgIpc) is 2.80. The summed E-state index contributed by atoms with van der Waals surface area (Å²) in [7, 11) is 0. The lowest BCUT2D eigenvalue weighted by atomic mass is 9.77. The Morgan fingerprint density at radius 1 is 1.70 bits per heavy atom. The molecule has 0 aliphatic heterocycles. The van der Waals surface area contributed by atoms with E-state index < -0.39 is 5.54 Å². The highest BCUT2D eigenvalue weighted by Gasteiger charge is 2.36.